The van der Waals surface area contributed by atoms with Crippen LogP contribution in [0.5, 0.6) is 0 Å². The Balaban J connectivity index is 1.80. The van der Waals surface area contributed by atoms with E-state index < -0.39 is 10.0 Å². The summed E-state index contributed by atoms with van der Waals surface area (Å²) in [6.45, 7) is 7.15. The van der Waals surface area contributed by atoms with Gasteiger partial charge in [-0.1, -0.05) is 0 Å². The van der Waals surface area contributed by atoms with Gasteiger partial charge in [0.1, 0.15) is 0 Å². The summed E-state index contributed by atoms with van der Waals surface area (Å²) >= 11 is 0. The lowest BCUT2D eigenvalue weighted by Crippen LogP contribution is -2.41. The third-order valence-corrected chi connectivity index (χ3v) is 6.28. The second-order valence-corrected chi connectivity index (χ2v) is 8.22. The summed E-state index contributed by atoms with van der Waals surface area (Å²) in [5.74, 6) is 0.211. The van der Waals surface area contributed by atoms with Crippen molar-refractivity contribution in [3.05, 3.63) is 0 Å². The molecule has 23 heavy (non-hydrogen) atoms. The van der Waals surface area contributed by atoms with E-state index in [0.717, 1.165) is 38.9 Å². The number of carbonyl (C=O) groups excluding carboxylic acids is 1. The maximum atomic E-state index is 12.3. The van der Waals surface area contributed by atoms with Gasteiger partial charge in [-0.05, 0) is 32.7 Å². The summed E-state index contributed by atoms with van der Waals surface area (Å²) in [5, 5.41) is 0. The van der Waals surface area contributed by atoms with Gasteiger partial charge in [0.2, 0.25) is 15.9 Å². The van der Waals surface area contributed by atoms with Crippen molar-refractivity contribution in [3.8, 4) is 0 Å². The first-order valence-corrected chi connectivity index (χ1v) is 10.2. The quantitative estimate of drug-likeness (QED) is 0.606. The third-order valence-electron chi connectivity index (χ3n) is 4.45. The van der Waals surface area contributed by atoms with Crippen molar-refractivity contribution >= 4 is 15.9 Å². The van der Waals surface area contributed by atoms with E-state index in [9.17, 15) is 13.2 Å². The Kier molecular flexibility index (Phi) is 7.26. The molecule has 0 atom stereocenters. The van der Waals surface area contributed by atoms with E-state index in [1.807, 2.05) is 11.8 Å². The molecule has 1 amide bonds. The molecular weight excluding hydrogens is 318 g/mol. The summed E-state index contributed by atoms with van der Waals surface area (Å²) in [7, 11) is -3.26. The average Bonchev–Trinajstić information content (AvgIpc) is 2.94. The fraction of sp³-hybridized carbons (Fsp3) is 0.933. The second-order valence-electron chi connectivity index (χ2n) is 6.13. The molecule has 0 aromatic heterocycles. The summed E-state index contributed by atoms with van der Waals surface area (Å²) in [6, 6.07) is 0. The van der Waals surface area contributed by atoms with Gasteiger partial charge in [0.05, 0.1) is 18.9 Å². The number of ether oxygens (including phenoxy) is 1. The van der Waals surface area contributed by atoms with Crippen molar-refractivity contribution in [2.45, 2.75) is 26.2 Å². The topological polar surface area (TPSA) is 70.2 Å². The minimum Gasteiger partial charge on any atom is -0.381 e. The largest absolute Gasteiger partial charge is 0.381 e. The number of likely N-dealkylation sites (tertiary alicyclic amines) is 1. The molecule has 0 unspecified atom stereocenters. The van der Waals surface area contributed by atoms with E-state index in [2.05, 4.69) is 4.90 Å². The zero-order valence-corrected chi connectivity index (χ0v) is 14.9. The molecule has 0 bridgehead atoms. The first-order chi connectivity index (χ1) is 11.0. The fourth-order valence-corrected chi connectivity index (χ4v) is 4.43. The fourth-order valence-electron chi connectivity index (χ4n) is 3.08. The van der Waals surface area contributed by atoms with Crippen LogP contribution in [0.2, 0.25) is 0 Å². The molecule has 2 fully saturated rings. The Morgan fingerprint density at radius 2 is 1.74 bits per heavy atom. The lowest BCUT2D eigenvalue weighted by molar-refractivity contribution is -0.131. The predicted molar refractivity (Wildman–Crippen MR) is 88.7 cm³/mol. The Morgan fingerprint density at radius 3 is 2.43 bits per heavy atom. The molecule has 0 spiro atoms. The number of sulfonamides is 1. The van der Waals surface area contributed by atoms with E-state index in [4.69, 9.17) is 4.74 Å². The van der Waals surface area contributed by atoms with Gasteiger partial charge < -0.3 is 9.64 Å². The molecular formula is C15H29N3O4S. The van der Waals surface area contributed by atoms with Crippen LogP contribution in [0.15, 0.2) is 0 Å². The first kappa shape index (κ1) is 18.6. The lowest BCUT2D eigenvalue weighted by Gasteiger charge is -2.23. The molecule has 0 N–H and O–H groups in total. The predicted octanol–water partition coefficient (Wildman–Crippen LogP) is -0.0172. The van der Waals surface area contributed by atoms with Gasteiger partial charge in [-0.15, -0.1) is 0 Å². The van der Waals surface area contributed by atoms with Gasteiger partial charge in [-0.2, -0.15) is 0 Å². The standard InChI is InChI=1S/C15H29N3O4S/c1-2-22-12-13-23(20,21)18-9-5-6-16(10-11-18)14-15(19)17-7-3-4-8-17/h2-14H2,1H3. The van der Waals surface area contributed by atoms with Crippen LogP contribution >= 0.6 is 0 Å². The number of nitrogens with zero attached hydrogens (tertiary/aromatic N) is 3. The normalized spacial score (nSPS) is 21.5. The minimum atomic E-state index is -3.26. The molecule has 134 valence electrons. The highest BCUT2D eigenvalue weighted by atomic mass is 32.2. The van der Waals surface area contributed by atoms with E-state index in [-0.39, 0.29) is 18.3 Å². The Labute approximate surface area is 139 Å². The van der Waals surface area contributed by atoms with Gasteiger partial charge in [0.25, 0.3) is 0 Å². The summed E-state index contributed by atoms with van der Waals surface area (Å²) < 4.78 is 31.3. The van der Waals surface area contributed by atoms with Gasteiger partial charge in [-0.3, -0.25) is 9.69 Å². The average molecular weight is 347 g/mol. The van der Waals surface area contributed by atoms with E-state index >= 15 is 0 Å². The Bertz CT molecular complexity index is 477. The highest BCUT2D eigenvalue weighted by Gasteiger charge is 2.27. The van der Waals surface area contributed by atoms with Crippen LogP contribution < -0.4 is 0 Å². The number of hydrogen-bond acceptors (Lipinski definition) is 5. The van der Waals surface area contributed by atoms with Crippen molar-refractivity contribution in [2.24, 2.45) is 0 Å². The van der Waals surface area contributed by atoms with Gasteiger partial charge in [-0.25, -0.2) is 12.7 Å². The number of carbonyl (C=O) groups is 1. The molecule has 0 aromatic carbocycles. The van der Waals surface area contributed by atoms with E-state index in [1.54, 1.807) is 4.31 Å². The molecule has 0 aliphatic carbocycles. The SMILES string of the molecule is CCOCCS(=O)(=O)N1CCCN(CC(=O)N2CCCC2)CC1. The van der Waals surface area contributed by atoms with Crippen molar-refractivity contribution in [1.82, 2.24) is 14.1 Å². The van der Waals surface area contributed by atoms with Crippen LogP contribution in [-0.2, 0) is 19.6 Å². The van der Waals surface area contributed by atoms with Crippen molar-refractivity contribution in [2.75, 3.05) is 64.8 Å². The lowest BCUT2D eigenvalue weighted by atomic mass is 10.3. The van der Waals surface area contributed by atoms with Crippen LogP contribution in [0.3, 0.4) is 0 Å². The minimum absolute atomic E-state index is 0.0353. The molecule has 8 heteroatoms. The van der Waals surface area contributed by atoms with E-state index in [0.29, 0.717) is 32.8 Å². The zero-order chi connectivity index (χ0) is 16.7. The van der Waals surface area contributed by atoms with E-state index in [1.165, 1.54) is 0 Å². The number of hydrogen-bond donors (Lipinski definition) is 0. The Hall–Kier alpha value is -0.700. The first-order valence-electron chi connectivity index (χ1n) is 8.58. The van der Waals surface area contributed by atoms with Crippen molar-refractivity contribution in [1.29, 1.82) is 0 Å². The van der Waals surface area contributed by atoms with Crippen LogP contribution in [0.1, 0.15) is 26.2 Å². The smallest absolute Gasteiger partial charge is 0.236 e. The molecule has 2 aliphatic rings. The van der Waals surface area contributed by atoms with Crippen LogP contribution in [0, 0.1) is 0 Å². The van der Waals surface area contributed by atoms with Crippen molar-refractivity contribution < 1.29 is 17.9 Å². The van der Waals surface area contributed by atoms with Crippen molar-refractivity contribution in [3.63, 3.8) is 0 Å². The van der Waals surface area contributed by atoms with Gasteiger partial charge >= 0.3 is 0 Å². The summed E-state index contributed by atoms with van der Waals surface area (Å²) in [5.41, 5.74) is 0. The molecule has 2 heterocycles. The monoisotopic (exact) mass is 347 g/mol. The van der Waals surface area contributed by atoms with Gasteiger partial charge in [0, 0.05) is 39.3 Å². The van der Waals surface area contributed by atoms with Crippen LogP contribution in [-0.4, -0.2) is 93.2 Å². The maximum absolute atomic E-state index is 12.3. The molecule has 0 aromatic rings. The van der Waals surface area contributed by atoms with Crippen LogP contribution in [0.25, 0.3) is 0 Å². The molecule has 7 nitrogen and oxygen atoms in total. The molecule has 2 aliphatic heterocycles. The van der Waals surface area contributed by atoms with Gasteiger partial charge in [0.15, 0.2) is 0 Å². The molecule has 0 saturated carbocycles. The molecule has 2 saturated heterocycles. The molecule has 2 rings (SSSR count). The number of rotatable bonds is 7. The maximum Gasteiger partial charge on any atom is 0.236 e. The second kappa shape index (κ2) is 8.96. The highest BCUT2D eigenvalue weighted by Crippen LogP contribution is 2.11. The summed E-state index contributed by atoms with van der Waals surface area (Å²) in [4.78, 5) is 16.2. The highest BCUT2D eigenvalue weighted by molar-refractivity contribution is 7.89. The third kappa shape index (κ3) is 5.70. The number of amides is 1. The zero-order valence-electron chi connectivity index (χ0n) is 14.1. The van der Waals surface area contributed by atoms with Crippen LogP contribution in [0.4, 0.5) is 0 Å². The Morgan fingerprint density at radius 1 is 1.00 bits per heavy atom. The summed E-state index contributed by atoms with van der Waals surface area (Å²) in [6.07, 6.45) is 2.95. The molecule has 0 radical (unpaired) electrons.